The smallest absolute Gasteiger partial charge is 0.254 e. The first kappa shape index (κ1) is 16.9. The Balaban J connectivity index is 1.91. The molecule has 0 aliphatic carbocycles. The fourth-order valence-corrected chi connectivity index (χ4v) is 3.62. The van der Waals surface area contributed by atoms with Crippen LogP contribution in [0.3, 0.4) is 0 Å². The second-order valence-corrected chi connectivity index (χ2v) is 6.71. The summed E-state index contributed by atoms with van der Waals surface area (Å²) in [6.45, 7) is 10.8. The van der Waals surface area contributed by atoms with Crippen LogP contribution in [0.5, 0.6) is 0 Å². The minimum absolute atomic E-state index is 0.111. The molecular weight excluding hydrogens is 302 g/mol. The van der Waals surface area contributed by atoms with Crippen molar-refractivity contribution in [2.45, 2.75) is 33.6 Å². The number of carbonyl (C=O) groups is 1. The van der Waals surface area contributed by atoms with Gasteiger partial charge in [0.15, 0.2) is 5.65 Å². The van der Waals surface area contributed by atoms with Gasteiger partial charge in [-0.25, -0.2) is 4.98 Å². The molecule has 3 rings (SSSR count). The summed E-state index contributed by atoms with van der Waals surface area (Å²) in [6, 6.07) is 1.91. The third-order valence-electron chi connectivity index (χ3n) is 4.74. The first-order valence-electron chi connectivity index (χ1n) is 8.83. The number of rotatable bonds is 3. The van der Waals surface area contributed by atoms with E-state index in [1.165, 1.54) is 0 Å². The van der Waals surface area contributed by atoms with Crippen LogP contribution in [-0.4, -0.2) is 63.2 Å². The Kier molecular flexibility index (Phi) is 4.85. The normalized spacial score (nSPS) is 16.6. The summed E-state index contributed by atoms with van der Waals surface area (Å²) < 4.78 is 1.76. The van der Waals surface area contributed by atoms with Crippen molar-refractivity contribution in [2.75, 3.05) is 32.7 Å². The molecule has 1 fully saturated rings. The Morgan fingerprint density at radius 1 is 1.21 bits per heavy atom. The fraction of sp³-hybridized carbons (Fsp3) is 0.611. The first-order valence-corrected chi connectivity index (χ1v) is 8.83. The van der Waals surface area contributed by atoms with Crippen molar-refractivity contribution in [1.82, 2.24) is 24.6 Å². The number of carbonyl (C=O) groups excluding carboxylic acids is 1. The number of pyridine rings is 1. The van der Waals surface area contributed by atoms with Gasteiger partial charge in [-0.05, 0) is 45.8 Å². The van der Waals surface area contributed by atoms with Gasteiger partial charge in [0.1, 0.15) is 0 Å². The Bertz CT molecular complexity index is 751. The topological polar surface area (TPSA) is 54.3 Å². The fourth-order valence-electron chi connectivity index (χ4n) is 3.62. The number of fused-ring (bicyclic) bond motifs is 1. The van der Waals surface area contributed by atoms with Gasteiger partial charge in [-0.3, -0.25) is 9.48 Å². The molecule has 1 aliphatic heterocycles. The van der Waals surface area contributed by atoms with E-state index in [-0.39, 0.29) is 5.91 Å². The lowest BCUT2D eigenvalue weighted by Gasteiger charge is -2.22. The summed E-state index contributed by atoms with van der Waals surface area (Å²) >= 11 is 0. The number of nitrogens with zero attached hydrogens (tertiary/aromatic N) is 5. The highest BCUT2D eigenvalue weighted by atomic mass is 16.2. The van der Waals surface area contributed by atoms with E-state index in [9.17, 15) is 4.79 Å². The van der Waals surface area contributed by atoms with Crippen LogP contribution in [0.25, 0.3) is 11.0 Å². The molecule has 130 valence electrons. The molecule has 0 N–H and O–H groups in total. The number of hydrogen-bond acceptors (Lipinski definition) is 4. The second-order valence-electron chi connectivity index (χ2n) is 6.71. The average molecular weight is 329 g/mol. The van der Waals surface area contributed by atoms with Crippen LogP contribution in [0.15, 0.2) is 6.07 Å². The van der Waals surface area contributed by atoms with E-state index < -0.39 is 0 Å². The third-order valence-corrected chi connectivity index (χ3v) is 4.74. The molecular formula is C18H27N5O. The molecule has 0 unspecified atom stereocenters. The van der Waals surface area contributed by atoms with Crippen LogP contribution in [0.1, 0.15) is 41.5 Å². The van der Waals surface area contributed by atoms with E-state index in [1.807, 2.05) is 31.9 Å². The summed E-state index contributed by atoms with van der Waals surface area (Å²) in [5.41, 5.74) is 3.26. The van der Waals surface area contributed by atoms with Gasteiger partial charge >= 0.3 is 0 Å². The van der Waals surface area contributed by atoms with Crippen LogP contribution in [-0.2, 0) is 7.05 Å². The highest BCUT2D eigenvalue weighted by Crippen LogP contribution is 2.23. The summed E-state index contributed by atoms with van der Waals surface area (Å²) in [5.74, 6) is 0.111. The Morgan fingerprint density at radius 3 is 2.75 bits per heavy atom. The molecule has 24 heavy (non-hydrogen) atoms. The van der Waals surface area contributed by atoms with Gasteiger partial charge in [-0.15, -0.1) is 0 Å². The van der Waals surface area contributed by atoms with Crippen LogP contribution < -0.4 is 0 Å². The molecule has 0 bridgehead atoms. The lowest BCUT2D eigenvalue weighted by atomic mass is 10.1. The zero-order chi connectivity index (χ0) is 17.3. The molecule has 2 aromatic heterocycles. The molecule has 0 spiro atoms. The predicted octanol–water partition coefficient (Wildman–Crippen LogP) is 2.14. The molecule has 1 aliphatic rings. The van der Waals surface area contributed by atoms with Crippen molar-refractivity contribution < 1.29 is 4.79 Å². The zero-order valence-corrected chi connectivity index (χ0v) is 15.2. The summed E-state index contributed by atoms with van der Waals surface area (Å²) in [7, 11) is 1.88. The Morgan fingerprint density at radius 2 is 2.00 bits per heavy atom. The maximum Gasteiger partial charge on any atom is 0.254 e. The van der Waals surface area contributed by atoms with Gasteiger partial charge in [-0.1, -0.05) is 6.92 Å². The third kappa shape index (κ3) is 3.15. The van der Waals surface area contributed by atoms with Crippen molar-refractivity contribution in [3.05, 3.63) is 23.0 Å². The van der Waals surface area contributed by atoms with E-state index in [1.54, 1.807) is 4.68 Å². The van der Waals surface area contributed by atoms with Gasteiger partial charge in [0, 0.05) is 32.4 Å². The molecule has 0 aromatic carbocycles. The number of aromatic nitrogens is 3. The van der Waals surface area contributed by atoms with Gasteiger partial charge in [0.05, 0.1) is 16.6 Å². The lowest BCUT2D eigenvalue weighted by Crippen LogP contribution is -2.35. The minimum atomic E-state index is 0.111. The maximum atomic E-state index is 13.2. The molecule has 1 amide bonds. The SMILES string of the molecule is CCCN1CCCN(C(=O)c2cc(C)nc3c2c(C)nn3C)CC1. The summed E-state index contributed by atoms with van der Waals surface area (Å²) in [4.78, 5) is 22.2. The van der Waals surface area contributed by atoms with Crippen LogP contribution in [0.2, 0.25) is 0 Å². The number of aryl methyl sites for hydroxylation is 3. The first-order chi connectivity index (χ1) is 11.5. The molecule has 6 heteroatoms. The van der Waals surface area contributed by atoms with Crippen LogP contribution in [0, 0.1) is 13.8 Å². The van der Waals surface area contributed by atoms with Crippen LogP contribution in [0.4, 0.5) is 0 Å². The molecule has 3 heterocycles. The van der Waals surface area contributed by atoms with Crippen molar-refractivity contribution in [2.24, 2.45) is 7.05 Å². The molecule has 1 saturated heterocycles. The van der Waals surface area contributed by atoms with Crippen molar-refractivity contribution in [3.63, 3.8) is 0 Å². The highest BCUT2D eigenvalue weighted by molar-refractivity contribution is 6.06. The molecule has 0 atom stereocenters. The van der Waals surface area contributed by atoms with Crippen molar-refractivity contribution in [1.29, 1.82) is 0 Å². The minimum Gasteiger partial charge on any atom is -0.337 e. The monoisotopic (exact) mass is 329 g/mol. The quantitative estimate of drug-likeness (QED) is 0.866. The van der Waals surface area contributed by atoms with Crippen LogP contribution >= 0.6 is 0 Å². The average Bonchev–Trinajstić information content (AvgIpc) is 2.73. The molecule has 2 aromatic rings. The largest absolute Gasteiger partial charge is 0.337 e. The van der Waals surface area contributed by atoms with E-state index in [4.69, 9.17) is 0 Å². The van der Waals surface area contributed by atoms with E-state index in [2.05, 4.69) is 21.9 Å². The number of amides is 1. The van der Waals surface area contributed by atoms with Gasteiger partial charge in [0.2, 0.25) is 0 Å². The summed E-state index contributed by atoms with van der Waals surface area (Å²) in [5, 5.41) is 5.34. The Hall–Kier alpha value is -1.95. The maximum absolute atomic E-state index is 13.2. The number of hydrogen-bond donors (Lipinski definition) is 0. The van der Waals surface area contributed by atoms with Crippen molar-refractivity contribution >= 4 is 16.9 Å². The standard InChI is InChI=1S/C18H27N5O/c1-5-7-22-8-6-9-23(11-10-22)18(24)15-12-13(2)19-17-16(15)14(3)20-21(17)4/h12H,5-11H2,1-4H3. The van der Waals surface area contributed by atoms with E-state index in [0.29, 0.717) is 0 Å². The second kappa shape index (κ2) is 6.89. The van der Waals surface area contributed by atoms with Gasteiger partial charge in [-0.2, -0.15) is 5.10 Å². The van der Waals surface area contributed by atoms with E-state index >= 15 is 0 Å². The zero-order valence-electron chi connectivity index (χ0n) is 15.2. The highest BCUT2D eigenvalue weighted by Gasteiger charge is 2.24. The summed E-state index contributed by atoms with van der Waals surface area (Å²) in [6.07, 6.45) is 2.19. The van der Waals surface area contributed by atoms with Crippen molar-refractivity contribution in [3.8, 4) is 0 Å². The van der Waals surface area contributed by atoms with Gasteiger partial charge < -0.3 is 9.80 Å². The molecule has 6 nitrogen and oxygen atoms in total. The van der Waals surface area contributed by atoms with E-state index in [0.717, 1.165) is 73.6 Å². The molecule has 0 saturated carbocycles. The lowest BCUT2D eigenvalue weighted by molar-refractivity contribution is 0.0763. The molecule has 0 radical (unpaired) electrons. The predicted molar refractivity (Wildman–Crippen MR) is 95.2 cm³/mol. The Labute approximate surface area is 143 Å². The van der Waals surface area contributed by atoms with Gasteiger partial charge in [0.25, 0.3) is 5.91 Å².